The van der Waals surface area contributed by atoms with Crippen molar-refractivity contribution >= 4 is 45.8 Å². The SMILES string of the molecule is O=C(Nc1ccc(F)c(Cl)c1)Nc1ccc(F)c(C(=O)c2ccc3ncc(-n4cccn4)nc3c2)c1F. The molecular formula is C25H14ClF3N6O2. The number of rotatable bonds is 5. The van der Waals surface area contributed by atoms with Gasteiger partial charge in [-0.1, -0.05) is 11.6 Å². The fourth-order valence-electron chi connectivity index (χ4n) is 3.52. The lowest BCUT2D eigenvalue weighted by Gasteiger charge is -2.12. The Morgan fingerprint density at radius 3 is 2.49 bits per heavy atom. The molecule has 2 aromatic heterocycles. The van der Waals surface area contributed by atoms with Gasteiger partial charge in [0.25, 0.3) is 0 Å². The smallest absolute Gasteiger partial charge is 0.308 e. The van der Waals surface area contributed by atoms with Crippen molar-refractivity contribution < 1.29 is 22.8 Å². The van der Waals surface area contributed by atoms with E-state index >= 15 is 4.39 Å². The predicted octanol–water partition coefficient (Wildman–Crippen LogP) is 5.76. The highest BCUT2D eigenvalue weighted by Gasteiger charge is 2.23. The minimum Gasteiger partial charge on any atom is -0.308 e. The van der Waals surface area contributed by atoms with Crippen LogP contribution in [0.3, 0.4) is 0 Å². The van der Waals surface area contributed by atoms with Crippen molar-refractivity contribution in [3.8, 4) is 5.82 Å². The van der Waals surface area contributed by atoms with E-state index in [-0.39, 0.29) is 16.3 Å². The van der Waals surface area contributed by atoms with Gasteiger partial charge in [0.15, 0.2) is 17.4 Å². The highest BCUT2D eigenvalue weighted by Crippen LogP contribution is 2.26. The molecule has 2 heterocycles. The predicted molar refractivity (Wildman–Crippen MR) is 131 cm³/mol. The molecule has 2 N–H and O–H groups in total. The van der Waals surface area contributed by atoms with Crippen LogP contribution in [-0.4, -0.2) is 31.6 Å². The van der Waals surface area contributed by atoms with Crippen LogP contribution in [0.4, 0.5) is 29.3 Å². The van der Waals surface area contributed by atoms with E-state index in [1.807, 2.05) is 0 Å². The number of hydrogen-bond acceptors (Lipinski definition) is 5. The van der Waals surface area contributed by atoms with Gasteiger partial charge in [-0.05, 0) is 54.6 Å². The van der Waals surface area contributed by atoms with E-state index in [1.54, 1.807) is 18.5 Å². The van der Waals surface area contributed by atoms with Crippen LogP contribution in [0.15, 0.2) is 73.2 Å². The number of aromatic nitrogens is 4. The van der Waals surface area contributed by atoms with Gasteiger partial charge in [0.05, 0.1) is 33.5 Å². The van der Waals surface area contributed by atoms with Crippen molar-refractivity contribution in [2.75, 3.05) is 10.6 Å². The highest BCUT2D eigenvalue weighted by atomic mass is 35.5. The fourth-order valence-corrected chi connectivity index (χ4v) is 3.70. The summed E-state index contributed by atoms with van der Waals surface area (Å²) in [6.45, 7) is 0. The van der Waals surface area contributed by atoms with Crippen LogP contribution in [0.2, 0.25) is 5.02 Å². The van der Waals surface area contributed by atoms with E-state index in [0.29, 0.717) is 16.9 Å². The molecule has 0 atom stereocenters. The second-order valence-corrected chi connectivity index (χ2v) is 8.11. The van der Waals surface area contributed by atoms with Gasteiger partial charge in [-0.2, -0.15) is 5.10 Å². The van der Waals surface area contributed by atoms with E-state index < -0.39 is 40.5 Å². The van der Waals surface area contributed by atoms with Crippen molar-refractivity contribution in [2.24, 2.45) is 0 Å². The summed E-state index contributed by atoms with van der Waals surface area (Å²) < 4.78 is 44.6. The van der Waals surface area contributed by atoms with Gasteiger partial charge >= 0.3 is 6.03 Å². The molecule has 8 nitrogen and oxygen atoms in total. The van der Waals surface area contributed by atoms with Crippen molar-refractivity contribution in [3.05, 3.63) is 107 Å². The van der Waals surface area contributed by atoms with Gasteiger partial charge in [-0.15, -0.1) is 0 Å². The number of fused-ring (bicyclic) bond motifs is 1. The summed E-state index contributed by atoms with van der Waals surface area (Å²) in [5.74, 6) is -3.64. The molecule has 3 aromatic carbocycles. The van der Waals surface area contributed by atoms with Crippen LogP contribution in [0.1, 0.15) is 15.9 Å². The Balaban J connectivity index is 1.43. The third-order valence-electron chi connectivity index (χ3n) is 5.27. The Morgan fingerprint density at radius 1 is 0.919 bits per heavy atom. The molecule has 0 radical (unpaired) electrons. The summed E-state index contributed by atoms with van der Waals surface area (Å²) >= 11 is 5.69. The van der Waals surface area contributed by atoms with E-state index in [1.165, 1.54) is 35.1 Å². The van der Waals surface area contributed by atoms with Crippen LogP contribution < -0.4 is 10.6 Å². The molecule has 0 aliphatic rings. The van der Waals surface area contributed by atoms with Crippen molar-refractivity contribution in [1.82, 2.24) is 19.7 Å². The Bertz CT molecular complexity index is 1680. The lowest BCUT2D eigenvalue weighted by Crippen LogP contribution is -2.21. The molecule has 0 spiro atoms. The molecule has 5 aromatic rings. The average Bonchev–Trinajstić information content (AvgIpc) is 3.42. The number of urea groups is 1. The standard InChI is InChI=1S/C25H14ClF3N6O2/c26-15-11-14(3-4-16(15)27)32-25(37)34-19-7-5-17(28)22(23(19)29)24(36)13-2-6-18-20(10-13)33-21(12-30-18)35-9-1-8-31-35/h1-12H,(H2,32,34,37). The molecule has 12 heteroatoms. The number of hydrogen-bond donors (Lipinski definition) is 2. The lowest BCUT2D eigenvalue weighted by atomic mass is 10.0. The zero-order valence-electron chi connectivity index (χ0n) is 18.5. The van der Waals surface area contributed by atoms with Crippen LogP contribution in [0.5, 0.6) is 0 Å². The van der Waals surface area contributed by atoms with Gasteiger partial charge < -0.3 is 10.6 Å². The van der Waals surface area contributed by atoms with E-state index in [4.69, 9.17) is 11.6 Å². The molecule has 5 rings (SSSR count). The Kier molecular flexibility index (Phi) is 6.28. The third-order valence-corrected chi connectivity index (χ3v) is 5.56. The summed E-state index contributed by atoms with van der Waals surface area (Å²) in [5, 5.41) is 8.40. The van der Waals surface area contributed by atoms with Gasteiger partial charge in [-0.25, -0.2) is 27.6 Å². The number of nitrogens with zero attached hydrogens (tertiary/aromatic N) is 4. The first-order valence-corrected chi connectivity index (χ1v) is 11.0. The van der Waals surface area contributed by atoms with E-state index in [9.17, 15) is 18.4 Å². The summed E-state index contributed by atoms with van der Waals surface area (Å²) in [4.78, 5) is 34.1. The van der Waals surface area contributed by atoms with Gasteiger partial charge in [0, 0.05) is 23.6 Å². The molecule has 0 aliphatic heterocycles. The molecule has 2 amide bonds. The molecule has 0 saturated heterocycles. The third kappa shape index (κ3) is 4.84. The minimum absolute atomic E-state index is 0.0419. The van der Waals surface area contributed by atoms with Gasteiger partial charge in [0.1, 0.15) is 11.6 Å². The topological polar surface area (TPSA) is 102 Å². The Morgan fingerprint density at radius 2 is 1.73 bits per heavy atom. The molecular weight excluding hydrogens is 509 g/mol. The fraction of sp³-hybridized carbons (Fsp3) is 0. The number of amides is 2. The maximum atomic E-state index is 15.2. The first-order valence-electron chi connectivity index (χ1n) is 10.6. The number of carbonyl (C=O) groups excluding carboxylic acids is 2. The molecule has 0 saturated carbocycles. The zero-order valence-corrected chi connectivity index (χ0v) is 19.3. The lowest BCUT2D eigenvalue weighted by molar-refractivity contribution is 0.103. The van der Waals surface area contributed by atoms with Crippen molar-refractivity contribution in [2.45, 2.75) is 0 Å². The normalized spacial score (nSPS) is 10.9. The first kappa shape index (κ1) is 23.9. The summed E-state index contributed by atoms with van der Waals surface area (Å²) in [5.41, 5.74) is -0.447. The first-order chi connectivity index (χ1) is 17.8. The van der Waals surface area contributed by atoms with Crippen LogP contribution >= 0.6 is 11.6 Å². The number of carbonyl (C=O) groups is 2. The summed E-state index contributed by atoms with van der Waals surface area (Å²) in [6.07, 6.45) is 4.72. The van der Waals surface area contributed by atoms with E-state index in [2.05, 4.69) is 25.7 Å². The molecule has 37 heavy (non-hydrogen) atoms. The maximum Gasteiger partial charge on any atom is 0.323 e. The largest absolute Gasteiger partial charge is 0.323 e. The number of ketones is 1. The van der Waals surface area contributed by atoms with Crippen LogP contribution in [0.25, 0.3) is 16.9 Å². The molecule has 0 aliphatic carbocycles. The second kappa shape index (κ2) is 9.70. The van der Waals surface area contributed by atoms with Crippen LogP contribution in [-0.2, 0) is 0 Å². The molecule has 184 valence electrons. The quantitative estimate of drug-likeness (QED) is 0.286. The van der Waals surface area contributed by atoms with Gasteiger partial charge in [-0.3, -0.25) is 9.78 Å². The van der Waals surface area contributed by atoms with Crippen molar-refractivity contribution in [1.29, 1.82) is 0 Å². The number of nitrogens with one attached hydrogen (secondary N) is 2. The Labute approximate surface area is 211 Å². The van der Waals surface area contributed by atoms with Crippen LogP contribution in [0, 0.1) is 17.5 Å². The highest BCUT2D eigenvalue weighted by molar-refractivity contribution is 6.31. The Hall–Kier alpha value is -4.77. The van der Waals surface area contributed by atoms with Crippen molar-refractivity contribution in [3.63, 3.8) is 0 Å². The maximum absolute atomic E-state index is 15.2. The average molecular weight is 523 g/mol. The molecule has 0 bridgehead atoms. The monoisotopic (exact) mass is 522 g/mol. The number of anilines is 2. The summed E-state index contributed by atoms with van der Waals surface area (Å²) in [7, 11) is 0. The molecule has 0 fully saturated rings. The van der Waals surface area contributed by atoms with Gasteiger partial charge in [0.2, 0.25) is 0 Å². The summed E-state index contributed by atoms with van der Waals surface area (Å²) in [6, 6.07) is 10.3. The zero-order chi connectivity index (χ0) is 26.1. The van der Waals surface area contributed by atoms with E-state index in [0.717, 1.165) is 24.3 Å². The number of benzene rings is 3. The second-order valence-electron chi connectivity index (χ2n) is 7.70. The minimum atomic E-state index is -1.27. The number of halogens is 4. The molecule has 0 unspecified atom stereocenters.